The summed E-state index contributed by atoms with van der Waals surface area (Å²) in [5, 5.41) is -0.766. The maximum Gasteiger partial charge on any atom is 0.258 e. The molecule has 0 aliphatic carbocycles. The summed E-state index contributed by atoms with van der Waals surface area (Å²) < 4.78 is 19.6. The van der Waals surface area contributed by atoms with Gasteiger partial charge in [-0.3, -0.25) is 4.57 Å². The van der Waals surface area contributed by atoms with E-state index in [1.165, 1.54) is 0 Å². The summed E-state index contributed by atoms with van der Waals surface area (Å²) in [6.45, 7) is 14.0. The van der Waals surface area contributed by atoms with Gasteiger partial charge < -0.3 is 4.52 Å². The summed E-state index contributed by atoms with van der Waals surface area (Å²) in [6, 6.07) is 7.88. The molecule has 0 bridgehead atoms. The highest BCUT2D eigenvalue weighted by atomic mass is 31.2. The molecule has 0 aliphatic heterocycles. The van der Waals surface area contributed by atoms with Gasteiger partial charge in [0.05, 0.1) is 0 Å². The molecule has 0 heterocycles. The number of hydrogen-bond acceptors (Lipinski definition) is 2. The minimum atomic E-state index is -2.85. The van der Waals surface area contributed by atoms with E-state index in [2.05, 4.69) is 6.92 Å². The number of benzene rings is 1. The first kappa shape index (κ1) is 16.3. The molecule has 0 aliphatic rings. The molecule has 0 N–H and O–H groups in total. The van der Waals surface area contributed by atoms with Crippen molar-refractivity contribution in [2.45, 2.75) is 65.2 Å². The Morgan fingerprint density at radius 3 is 1.89 bits per heavy atom. The monoisotopic (exact) mass is 282 g/mol. The second-order valence-electron chi connectivity index (χ2n) is 6.95. The van der Waals surface area contributed by atoms with Crippen molar-refractivity contribution in [2.24, 2.45) is 0 Å². The van der Waals surface area contributed by atoms with Crippen molar-refractivity contribution >= 4 is 7.37 Å². The van der Waals surface area contributed by atoms with Gasteiger partial charge in [0.25, 0.3) is 7.37 Å². The number of para-hydroxylation sites is 1. The average Bonchev–Trinajstić information content (AvgIpc) is 2.26. The van der Waals surface area contributed by atoms with Gasteiger partial charge in [-0.1, -0.05) is 66.7 Å². The van der Waals surface area contributed by atoms with Gasteiger partial charge in [0, 0.05) is 10.3 Å². The van der Waals surface area contributed by atoms with E-state index in [0.29, 0.717) is 0 Å². The highest BCUT2D eigenvalue weighted by Crippen LogP contribution is 2.67. The summed E-state index contributed by atoms with van der Waals surface area (Å²) >= 11 is 0. The van der Waals surface area contributed by atoms with Crippen LogP contribution in [0, 0.1) is 0 Å². The Morgan fingerprint density at radius 2 is 1.47 bits per heavy atom. The van der Waals surface area contributed by atoms with E-state index in [9.17, 15) is 4.57 Å². The van der Waals surface area contributed by atoms with E-state index in [0.717, 1.165) is 17.7 Å². The van der Waals surface area contributed by atoms with Crippen molar-refractivity contribution < 1.29 is 9.09 Å². The molecule has 1 aromatic rings. The topological polar surface area (TPSA) is 26.3 Å². The van der Waals surface area contributed by atoms with Gasteiger partial charge in [0.15, 0.2) is 0 Å². The summed E-state index contributed by atoms with van der Waals surface area (Å²) in [5.74, 6) is 0.762. The Bertz CT molecular complexity index is 460. The minimum absolute atomic E-state index is 0.383. The fraction of sp³-hybridized carbons (Fsp3) is 0.625. The van der Waals surface area contributed by atoms with E-state index in [4.69, 9.17) is 4.52 Å². The maximum absolute atomic E-state index is 13.5. The third-order valence-corrected chi connectivity index (χ3v) is 7.33. The molecule has 0 atom stereocenters. The Morgan fingerprint density at radius 1 is 1.00 bits per heavy atom. The summed E-state index contributed by atoms with van der Waals surface area (Å²) in [7, 11) is -2.85. The quantitative estimate of drug-likeness (QED) is 0.684. The van der Waals surface area contributed by atoms with Crippen LogP contribution in [0.3, 0.4) is 0 Å². The molecule has 1 aromatic carbocycles. The van der Waals surface area contributed by atoms with Crippen molar-refractivity contribution in [3.8, 4) is 5.75 Å². The van der Waals surface area contributed by atoms with Crippen LogP contribution < -0.4 is 4.52 Å². The molecule has 0 aromatic heterocycles. The van der Waals surface area contributed by atoms with Crippen molar-refractivity contribution in [2.75, 3.05) is 0 Å². The highest BCUT2D eigenvalue weighted by Gasteiger charge is 2.49. The molecule has 19 heavy (non-hydrogen) atoms. The van der Waals surface area contributed by atoms with Crippen LogP contribution in [0.4, 0.5) is 0 Å². The molecule has 0 fully saturated rings. The Labute approximate surface area is 118 Å². The summed E-state index contributed by atoms with van der Waals surface area (Å²) in [5.41, 5.74) is 1.11. The van der Waals surface area contributed by atoms with Crippen LogP contribution in [-0.2, 0) is 11.0 Å². The van der Waals surface area contributed by atoms with Crippen molar-refractivity contribution in [3.05, 3.63) is 29.8 Å². The first-order valence-electron chi connectivity index (χ1n) is 6.90. The van der Waals surface area contributed by atoms with E-state index < -0.39 is 7.37 Å². The van der Waals surface area contributed by atoms with Gasteiger partial charge >= 0.3 is 0 Å². The van der Waals surface area contributed by atoms with Gasteiger partial charge in [-0.2, -0.15) is 0 Å². The first-order valence-corrected chi connectivity index (χ1v) is 8.53. The van der Waals surface area contributed by atoms with Crippen LogP contribution in [0.5, 0.6) is 5.75 Å². The lowest BCUT2D eigenvalue weighted by molar-refractivity contribution is 0.416. The lowest BCUT2D eigenvalue weighted by Crippen LogP contribution is -2.31. The Hall–Kier alpha value is -0.750. The SMILES string of the molecule is CCc1ccccc1OP(=O)(C(C)(C)C)C(C)(C)C. The molecule has 0 unspecified atom stereocenters. The van der Waals surface area contributed by atoms with Crippen LogP contribution in [0.1, 0.15) is 54.0 Å². The van der Waals surface area contributed by atoms with E-state index >= 15 is 0 Å². The normalized spacial score (nSPS) is 13.4. The van der Waals surface area contributed by atoms with Crippen molar-refractivity contribution in [3.63, 3.8) is 0 Å². The smallest absolute Gasteiger partial charge is 0.258 e. The van der Waals surface area contributed by atoms with Gasteiger partial charge in [-0.15, -0.1) is 0 Å². The molecule has 2 nitrogen and oxygen atoms in total. The first-order chi connectivity index (χ1) is 8.53. The zero-order chi connectivity index (χ0) is 14.9. The predicted octanol–water partition coefficient (Wildman–Crippen LogP) is 5.50. The van der Waals surface area contributed by atoms with E-state index in [1.54, 1.807) is 0 Å². The molecule has 0 spiro atoms. The second kappa shape index (κ2) is 5.32. The molecule has 3 heteroatoms. The molecular weight excluding hydrogens is 255 g/mol. The van der Waals surface area contributed by atoms with Gasteiger partial charge in [0.1, 0.15) is 5.75 Å². The third-order valence-electron chi connectivity index (χ3n) is 3.35. The number of rotatable bonds is 3. The van der Waals surface area contributed by atoms with Crippen LogP contribution in [0.25, 0.3) is 0 Å². The number of hydrogen-bond donors (Lipinski definition) is 0. The fourth-order valence-electron chi connectivity index (χ4n) is 2.30. The van der Waals surface area contributed by atoms with Crippen molar-refractivity contribution in [1.82, 2.24) is 0 Å². The van der Waals surface area contributed by atoms with Crippen LogP contribution in [0.15, 0.2) is 24.3 Å². The molecule has 108 valence electrons. The van der Waals surface area contributed by atoms with Gasteiger partial charge in [-0.05, 0) is 18.1 Å². The zero-order valence-corrected chi connectivity index (χ0v) is 14.2. The molecule has 0 radical (unpaired) electrons. The number of aryl methyl sites for hydroxylation is 1. The van der Waals surface area contributed by atoms with Crippen LogP contribution in [0.2, 0.25) is 0 Å². The standard InChI is InChI=1S/C16H27O2P/c1-8-13-11-9-10-12-14(13)18-19(17,15(2,3)4)16(5,6)7/h9-12H,8H2,1-7H3. The summed E-state index contributed by atoms with van der Waals surface area (Å²) in [4.78, 5) is 0. The zero-order valence-electron chi connectivity index (χ0n) is 13.3. The van der Waals surface area contributed by atoms with Gasteiger partial charge in [-0.25, -0.2) is 0 Å². The lowest BCUT2D eigenvalue weighted by atomic mass is 10.1. The molecule has 0 saturated carbocycles. The molecule has 0 saturated heterocycles. The van der Waals surface area contributed by atoms with Crippen LogP contribution in [-0.4, -0.2) is 10.3 Å². The van der Waals surface area contributed by atoms with Crippen LogP contribution >= 0.6 is 7.37 Å². The van der Waals surface area contributed by atoms with E-state index in [1.807, 2.05) is 65.8 Å². The largest absolute Gasteiger partial charge is 0.442 e. The third kappa shape index (κ3) is 3.23. The van der Waals surface area contributed by atoms with Crippen molar-refractivity contribution in [1.29, 1.82) is 0 Å². The molecule has 0 amide bonds. The van der Waals surface area contributed by atoms with Gasteiger partial charge in [0.2, 0.25) is 0 Å². The fourth-order valence-corrected chi connectivity index (χ4v) is 5.32. The summed E-state index contributed by atoms with van der Waals surface area (Å²) in [6.07, 6.45) is 0.879. The maximum atomic E-state index is 13.5. The minimum Gasteiger partial charge on any atom is -0.442 e. The Kier molecular flexibility index (Phi) is 4.57. The lowest BCUT2D eigenvalue weighted by Gasteiger charge is -2.40. The average molecular weight is 282 g/mol. The predicted molar refractivity (Wildman–Crippen MR) is 83.6 cm³/mol. The molecular formula is C16H27O2P. The Balaban J connectivity index is 3.28. The highest BCUT2D eigenvalue weighted by molar-refractivity contribution is 7.62. The molecule has 1 rings (SSSR count). The van der Waals surface area contributed by atoms with E-state index in [-0.39, 0.29) is 10.3 Å². The second-order valence-corrected chi connectivity index (χ2v) is 10.9.